The summed E-state index contributed by atoms with van der Waals surface area (Å²) in [6, 6.07) is 8.23. The van der Waals surface area contributed by atoms with Gasteiger partial charge in [-0.15, -0.1) is 0 Å². The summed E-state index contributed by atoms with van der Waals surface area (Å²) in [6.07, 6.45) is 2.26. The van der Waals surface area contributed by atoms with E-state index in [9.17, 15) is 24.5 Å². The number of nitrogens with zero attached hydrogens (tertiary/aromatic N) is 5. The van der Waals surface area contributed by atoms with Crippen LogP contribution >= 0.6 is 0 Å². The van der Waals surface area contributed by atoms with Crippen LogP contribution in [-0.2, 0) is 6.54 Å². The van der Waals surface area contributed by atoms with Crippen LogP contribution in [0.1, 0.15) is 26.9 Å². The minimum Gasteiger partial charge on any atom is -0.422 e. The number of aromatic nitrogens is 4. The minimum atomic E-state index is -0.767. The normalized spacial score (nSPS) is 10.8. The molecule has 0 bridgehead atoms. The second-order valence-electron chi connectivity index (χ2n) is 6.67. The topological polar surface area (TPSA) is 188 Å². The lowest BCUT2D eigenvalue weighted by Gasteiger charge is -2.05. The van der Waals surface area contributed by atoms with Crippen LogP contribution in [0.25, 0.3) is 11.0 Å². The molecule has 3 heterocycles. The Morgan fingerprint density at radius 2 is 1.91 bits per heavy atom. The van der Waals surface area contributed by atoms with E-state index in [0.717, 1.165) is 6.20 Å². The van der Waals surface area contributed by atoms with E-state index in [-0.39, 0.29) is 42.6 Å². The predicted octanol–water partition coefficient (Wildman–Crippen LogP) is 0.489. The first kappa shape index (κ1) is 21.4. The fourth-order valence-electron chi connectivity index (χ4n) is 2.83. The number of fused-ring (bicyclic) bond motifs is 1. The molecular weight excluding hydrogens is 438 g/mol. The summed E-state index contributed by atoms with van der Waals surface area (Å²) >= 11 is 0. The van der Waals surface area contributed by atoms with Crippen molar-refractivity contribution in [2.24, 2.45) is 0 Å². The monoisotopic (exact) mass is 453 g/mol. The Kier molecular flexibility index (Phi) is 5.88. The van der Waals surface area contributed by atoms with Gasteiger partial charge in [-0.2, -0.15) is 10.1 Å². The van der Waals surface area contributed by atoms with E-state index in [1.807, 2.05) is 0 Å². The molecule has 0 aliphatic carbocycles. The van der Waals surface area contributed by atoms with Crippen molar-refractivity contribution < 1.29 is 23.5 Å². The van der Waals surface area contributed by atoms with Gasteiger partial charge in [0.15, 0.2) is 5.82 Å². The fourth-order valence-corrected chi connectivity index (χ4v) is 2.83. The third kappa shape index (κ3) is 4.90. The highest BCUT2D eigenvalue weighted by Crippen LogP contribution is 2.12. The molecule has 0 atom stereocenters. The van der Waals surface area contributed by atoms with Gasteiger partial charge in [-0.25, -0.2) is 4.79 Å². The van der Waals surface area contributed by atoms with Crippen LogP contribution in [0.15, 0.2) is 56.5 Å². The first-order chi connectivity index (χ1) is 15.9. The van der Waals surface area contributed by atoms with E-state index >= 15 is 0 Å². The lowest BCUT2D eigenvalue weighted by atomic mass is 10.2. The van der Waals surface area contributed by atoms with Crippen molar-refractivity contribution in [3.8, 4) is 0 Å². The van der Waals surface area contributed by atoms with E-state index in [1.165, 1.54) is 16.9 Å². The van der Waals surface area contributed by atoms with Gasteiger partial charge in [-0.1, -0.05) is 23.4 Å². The number of carbonyl (C=O) groups excluding carboxylic acids is 2. The number of rotatable bonds is 8. The number of hydrogen-bond donors (Lipinski definition) is 2. The molecule has 3 aromatic heterocycles. The maximum atomic E-state index is 12.3. The number of carbonyl (C=O) groups is 2. The molecule has 14 nitrogen and oxygen atoms in total. The molecule has 2 amide bonds. The summed E-state index contributed by atoms with van der Waals surface area (Å²) in [5, 5.41) is 23.7. The van der Waals surface area contributed by atoms with E-state index < -0.39 is 22.4 Å². The zero-order valence-corrected chi connectivity index (χ0v) is 16.8. The van der Waals surface area contributed by atoms with Crippen LogP contribution in [-0.4, -0.2) is 49.7 Å². The number of para-hydroxylation sites is 1. The van der Waals surface area contributed by atoms with Crippen LogP contribution in [0.4, 0.5) is 5.69 Å². The molecule has 4 aromatic rings. The van der Waals surface area contributed by atoms with Gasteiger partial charge in [0, 0.05) is 18.5 Å². The van der Waals surface area contributed by atoms with Crippen molar-refractivity contribution in [3.63, 3.8) is 0 Å². The number of amides is 2. The van der Waals surface area contributed by atoms with Crippen LogP contribution in [0, 0.1) is 10.1 Å². The van der Waals surface area contributed by atoms with E-state index in [0.29, 0.717) is 11.0 Å². The van der Waals surface area contributed by atoms with Gasteiger partial charge in [0.1, 0.15) is 30.1 Å². The largest absolute Gasteiger partial charge is 0.422 e. The number of benzene rings is 1. The Balaban J connectivity index is 1.27. The number of nitro groups is 1. The SMILES string of the molecule is O=C(NCCNC(=O)c1cc2ccccc2oc1=O)c1nc(Cn2cc([N+](=O)[O-])cn2)no1. The van der Waals surface area contributed by atoms with Crippen molar-refractivity contribution >= 4 is 28.5 Å². The molecule has 0 radical (unpaired) electrons. The molecule has 0 aliphatic heterocycles. The fraction of sp³-hybridized carbons (Fsp3) is 0.158. The Morgan fingerprint density at radius 1 is 1.15 bits per heavy atom. The summed E-state index contributed by atoms with van der Waals surface area (Å²) in [5.74, 6) is -1.56. The summed E-state index contributed by atoms with van der Waals surface area (Å²) < 4.78 is 11.2. The van der Waals surface area contributed by atoms with Gasteiger partial charge in [0.25, 0.3) is 5.91 Å². The molecule has 0 fully saturated rings. The lowest BCUT2D eigenvalue weighted by molar-refractivity contribution is -0.385. The summed E-state index contributed by atoms with van der Waals surface area (Å²) in [5.41, 5.74) is -0.743. The predicted molar refractivity (Wildman–Crippen MR) is 109 cm³/mol. The first-order valence-electron chi connectivity index (χ1n) is 9.49. The average molecular weight is 453 g/mol. The highest BCUT2D eigenvalue weighted by Gasteiger charge is 2.17. The zero-order valence-electron chi connectivity index (χ0n) is 16.8. The van der Waals surface area contributed by atoms with Crippen LogP contribution < -0.4 is 16.3 Å². The average Bonchev–Trinajstić information content (AvgIpc) is 3.46. The molecule has 0 saturated heterocycles. The molecule has 33 heavy (non-hydrogen) atoms. The zero-order chi connectivity index (χ0) is 23.4. The van der Waals surface area contributed by atoms with Gasteiger partial charge in [-0.05, 0) is 12.1 Å². The first-order valence-corrected chi connectivity index (χ1v) is 9.49. The summed E-state index contributed by atoms with van der Waals surface area (Å²) in [7, 11) is 0. The van der Waals surface area contributed by atoms with Gasteiger partial charge in [0.2, 0.25) is 0 Å². The second kappa shape index (κ2) is 9.09. The van der Waals surface area contributed by atoms with E-state index in [4.69, 9.17) is 8.94 Å². The lowest BCUT2D eigenvalue weighted by Crippen LogP contribution is -2.36. The summed E-state index contributed by atoms with van der Waals surface area (Å²) in [4.78, 5) is 50.4. The molecule has 1 aromatic carbocycles. The molecule has 4 rings (SSSR count). The van der Waals surface area contributed by atoms with Crippen molar-refractivity contribution in [1.82, 2.24) is 30.6 Å². The summed E-state index contributed by atoms with van der Waals surface area (Å²) in [6.45, 7) is 0.0103. The number of nitrogens with one attached hydrogen (secondary N) is 2. The van der Waals surface area contributed by atoms with Crippen molar-refractivity contribution in [3.05, 3.63) is 80.5 Å². The molecular formula is C19H15N7O7. The standard InChI is InChI=1S/C19H15N7O7/c27-16(13-7-11-3-1-2-4-14(11)32-19(13)29)20-5-6-21-17(28)18-23-15(24-33-18)10-25-9-12(8-22-25)26(30)31/h1-4,7-9H,5-6,10H2,(H,20,27)(H,21,28). The maximum Gasteiger partial charge on any atom is 0.349 e. The Morgan fingerprint density at radius 3 is 2.67 bits per heavy atom. The highest BCUT2D eigenvalue weighted by atomic mass is 16.6. The number of hydrogen-bond acceptors (Lipinski definition) is 10. The van der Waals surface area contributed by atoms with Crippen molar-refractivity contribution in [2.45, 2.75) is 6.54 Å². The van der Waals surface area contributed by atoms with Gasteiger partial charge in [-0.3, -0.25) is 24.4 Å². The third-order valence-corrected chi connectivity index (χ3v) is 4.38. The van der Waals surface area contributed by atoms with Crippen molar-refractivity contribution in [2.75, 3.05) is 13.1 Å². The van der Waals surface area contributed by atoms with Crippen molar-refractivity contribution in [1.29, 1.82) is 0 Å². The van der Waals surface area contributed by atoms with E-state index in [2.05, 4.69) is 25.9 Å². The molecule has 0 saturated carbocycles. The molecule has 168 valence electrons. The molecule has 14 heteroatoms. The Hall–Kier alpha value is -4.88. The van der Waals surface area contributed by atoms with Gasteiger partial charge in [0.05, 0.1) is 4.92 Å². The smallest absolute Gasteiger partial charge is 0.349 e. The Bertz CT molecular complexity index is 1400. The second-order valence-corrected chi connectivity index (χ2v) is 6.67. The van der Waals surface area contributed by atoms with Gasteiger partial charge >= 0.3 is 23.1 Å². The molecule has 2 N–H and O–H groups in total. The molecule has 0 unspecified atom stereocenters. The highest BCUT2D eigenvalue weighted by molar-refractivity contribution is 5.96. The quantitative estimate of drug-likeness (QED) is 0.164. The minimum absolute atomic E-state index is 0.0204. The molecule has 0 spiro atoms. The van der Waals surface area contributed by atoms with Crippen LogP contribution in [0.2, 0.25) is 0 Å². The van der Waals surface area contributed by atoms with Crippen LogP contribution in [0.5, 0.6) is 0 Å². The maximum absolute atomic E-state index is 12.3. The van der Waals surface area contributed by atoms with Gasteiger partial charge < -0.3 is 19.6 Å². The van der Waals surface area contributed by atoms with E-state index in [1.54, 1.807) is 24.3 Å². The third-order valence-electron chi connectivity index (χ3n) is 4.38. The Labute approximate surface area is 183 Å². The molecule has 0 aliphatic rings. The van der Waals surface area contributed by atoms with Crippen LogP contribution in [0.3, 0.4) is 0 Å².